The standard InChI is InChI=1S/C20H18FN3O2/c1-3-16-12(2)18(15-6-4-5-7-17(15)22-16)20(26)24-23-19(25)13-8-10-14(21)11-9-13/h4-11H,3H2,1-2H3,(H,23,25)(H,24,26). The Morgan fingerprint density at radius 2 is 1.65 bits per heavy atom. The maximum atomic E-state index is 12.9. The molecule has 0 unspecified atom stereocenters. The van der Waals surface area contributed by atoms with Crippen molar-refractivity contribution in [3.05, 3.63) is 76.7 Å². The Labute approximate surface area is 150 Å². The lowest BCUT2D eigenvalue weighted by Gasteiger charge is -2.14. The number of rotatable bonds is 3. The highest BCUT2D eigenvalue weighted by Crippen LogP contribution is 2.23. The van der Waals surface area contributed by atoms with Crippen LogP contribution in [-0.2, 0) is 6.42 Å². The number of pyridine rings is 1. The Morgan fingerprint density at radius 1 is 1.00 bits per heavy atom. The molecule has 3 aromatic rings. The van der Waals surface area contributed by atoms with Crippen LogP contribution in [0.5, 0.6) is 0 Å². The van der Waals surface area contributed by atoms with E-state index in [4.69, 9.17) is 0 Å². The molecule has 1 heterocycles. The number of benzene rings is 2. The van der Waals surface area contributed by atoms with E-state index in [1.807, 2.05) is 38.1 Å². The van der Waals surface area contributed by atoms with Gasteiger partial charge in [0.2, 0.25) is 0 Å². The first-order valence-corrected chi connectivity index (χ1v) is 8.25. The molecule has 5 nitrogen and oxygen atoms in total. The Hall–Kier alpha value is -3.28. The Balaban J connectivity index is 1.87. The third-order valence-electron chi connectivity index (χ3n) is 4.19. The molecule has 0 saturated carbocycles. The fourth-order valence-corrected chi connectivity index (χ4v) is 2.84. The van der Waals surface area contributed by atoms with E-state index in [0.717, 1.165) is 22.2 Å². The molecule has 0 aliphatic carbocycles. The second-order valence-electron chi connectivity index (χ2n) is 5.84. The number of nitrogens with zero attached hydrogens (tertiary/aromatic N) is 1. The number of aromatic nitrogens is 1. The number of carbonyl (C=O) groups is 2. The third-order valence-corrected chi connectivity index (χ3v) is 4.19. The van der Waals surface area contributed by atoms with Crippen molar-refractivity contribution in [2.24, 2.45) is 0 Å². The van der Waals surface area contributed by atoms with Gasteiger partial charge in [-0.3, -0.25) is 25.4 Å². The minimum absolute atomic E-state index is 0.247. The zero-order valence-electron chi connectivity index (χ0n) is 14.5. The molecule has 0 fully saturated rings. The number of hydrogen-bond acceptors (Lipinski definition) is 3. The number of halogens is 1. The molecule has 0 aliphatic heterocycles. The monoisotopic (exact) mass is 351 g/mol. The van der Waals surface area contributed by atoms with Crippen LogP contribution < -0.4 is 10.9 Å². The summed E-state index contributed by atoms with van der Waals surface area (Å²) in [5, 5.41) is 0.718. The highest BCUT2D eigenvalue weighted by molar-refractivity contribution is 6.08. The van der Waals surface area contributed by atoms with Gasteiger partial charge in [-0.1, -0.05) is 25.1 Å². The van der Waals surface area contributed by atoms with Crippen molar-refractivity contribution in [2.45, 2.75) is 20.3 Å². The van der Waals surface area contributed by atoms with Gasteiger partial charge < -0.3 is 0 Å². The molecule has 0 saturated heterocycles. The van der Waals surface area contributed by atoms with Crippen LogP contribution in [0, 0.1) is 12.7 Å². The smallest absolute Gasteiger partial charge is 0.267 e. The number of amides is 2. The van der Waals surface area contributed by atoms with Crippen molar-refractivity contribution in [1.82, 2.24) is 15.8 Å². The van der Waals surface area contributed by atoms with E-state index >= 15 is 0 Å². The molecule has 0 radical (unpaired) electrons. The van der Waals surface area contributed by atoms with Gasteiger partial charge in [0.15, 0.2) is 0 Å². The molecule has 2 aromatic carbocycles. The van der Waals surface area contributed by atoms with Gasteiger partial charge in [-0.05, 0) is 49.2 Å². The Bertz CT molecular complexity index is 984. The highest BCUT2D eigenvalue weighted by atomic mass is 19.1. The van der Waals surface area contributed by atoms with Crippen LogP contribution in [-0.4, -0.2) is 16.8 Å². The zero-order chi connectivity index (χ0) is 18.7. The first-order chi connectivity index (χ1) is 12.5. The third kappa shape index (κ3) is 3.39. The normalized spacial score (nSPS) is 10.6. The van der Waals surface area contributed by atoms with Crippen molar-refractivity contribution in [3.8, 4) is 0 Å². The maximum absolute atomic E-state index is 12.9. The van der Waals surface area contributed by atoms with Crippen molar-refractivity contribution in [2.75, 3.05) is 0 Å². The van der Waals surface area contributed by atoms with Gasteiger partial charge in [0.05, 0.1) is 11.1 Å². The van der Waals surface area contributed by atoms with E-state index in [2.05, 4.69) is 15.8 Å². The van der Waals surface area contributed by atoms with Crippen LogP contribution in [0.4, 0.5) is 4.39 Å². The largest absolute Gasteiger partial charge is 0.270 e. The summed E-state index contributed by atoms with van der Waals surface area (Å²) in [6.45, 7) is 3.82. The fraction of sp³-hybridized carbons (Fsp3) is 0.150. The molecular weight excluding hydrogens is 333 g/mol. The first kappa shape index (κ1) is 17.5. The molecule has 0 aliphatic rings. The average Bonchev–Trinajstić information content (AvgIpc) is 2.66. The van der Waals surface area contributed by atoms with E-state index in [0.29, 0.717) is 12.0 Å². The molecular formula is C20H18FN3O2. The predicted molar refractivity (Wildman–Crippen MR) is 97.2 cm³/mol. The average molecular weight is 351 g/mol. The summed E-state index contributed by atoms with van der Waals surface area (Å²) in [5.74, 6) is -1.38. The second kappa shape index (κ2) is 7.31. The maximum Gasteiger partial charge on any atom is 0.270 e. The molecule has 132 valence electrons. The lowest BCUT2D eigenvalue weighted by Crippen LogP contribution is -2.42. The topological polar surface area (TPSA) is 71.1 Å². The van der Waals surface area contributed by atoms with Gasteiger partial charge in [0.25, 0.3) is 11.8 Å². The van der Waals surface area contributed by atoms with Gasteiger partial charge in [-0.15, -0.1) is 0 Å². The van der Waals surface area contributed by atoms with Crippen LogP contribution in [0.25, 0.3) is 10.9 Å². The van der Waals surface area contributed by atoms with Crippen LogP contribution in [0.1, 0.15) is 38.9 Å². The number of hydrogen-bond donors (Lipinski definition) is 2. The van der Waals surface area contributed by atoms with Gasteiger partial charge in [-0.2, -0.15) is 0 Å². The second-order valence-corrected chi connectivity index (χ2v) is 5.84. The summed E-state index contributed by atoms with van der Waals surface area (Å²) >= 11 is 0. The Kier molecular flexibility index (Phi) is 4.93. The quantitative estimate of drug-likeness (QED) is 0.711. The highest BCUT2D eigenvalue weighted by Gasteiger charge is 2.18. The van der Waals surface area contributed by atoms with Crippen LogP contribution in [0.2, 0.25) is 0 Å². The molecule has 0 spiro atoms. The minimum Gasteiger partial charge on any atom is -0.267 e. The molecule has 0 atom stereocenters. The molecule has 1 aromatic heterocycles. The number of fused-ring (bicyclic) bond motifs is 1. The number of para-hydroxylation sites is 1. The van der Waals surface area contributed by atoms with Crippen molar-refractivity contribution >= 4 is 22.7 Å². The molecule has 2 N–H and O–H groups in total. The first-order valence-electron chi connectivity index (χ1n) is 8.25. The zero-order valence-corrected chi connectivity index (χ0v) is 14.5. The van der Waals surface area contributed by atoms with E-state index in [1.54, 1.807) is 0 Å². The molecule has 26 heavy (non-hydrogen) atoms. The molecule has 3 rings (SSSR count). The van der Waals surface area contributed by atoms with Crippen molar-refractivity contribution in [1.29, 1.82) is 0 Å². The number of carbonyl (C=O) groups excluding carboxylic acids is 2. The molecule has 6 heteroatoms. The van der Waals surface area contributed by atoms with Crippen molar-refractivity contribution < 1.29 is 14.0 Å². The summed E-state index contributed by atoms with van der Waals surface area (Å²) < 4.78 is 12.9. The summed E-state index contributed by atoms with van der Waals surface area (Å²) in [4.78, 5) is 29.4. The minimum atomic E-state index is -0.523. The lowest BCUT2D eigenvalue weighted by molar-refractivity contribution is 0.0847. The SMILES string of the molecule is CCc1nc2ccccc2c(C(=O)NNC(=O)c2ccc(F)cc2)c1C. The number of hydrazine groups is 1. The number of aryl methyl sites for hydroxylation is 1. The van der Waals surface area contributed by atoms with E-state index in [-0.39, 0.29) is 5.56 Å². The molecule has 0 bridgehead atoms. The fourth-order valence-electron chi connectivity index (χ4n) is 2.84. The summed E-state index contributed by atoms with van der Waals surface area (Å²) in [6, 6.07) is 12.4. The van der Waals surface area contributed by atoms with E-state index in [1.165, 1.54) is 24.3 Å². The van der Waals surface area contributed by atoms with Crippen LogP contribution in [0.3, 0.4) is 0 Å². The lowest BCUT2D eigenvalue weighted by atomic mass is 10.00. The van der Waals surface area contributed by atoms with Gasteiger partial charge in [0.1, 0.15) is 5.82 Å². The number of nitrogens with one attached hydrogen (secondary N) is 2. The van der Waals surface area contributed by atoms with Crippen LogP contribution >= 0.6 is 0 Å². The van der Waals surface area contributed by atoms with Crippen molar-refractivity contribution in [3.63, 3.8) is 0 Å². The summed E-state index contributed by atoms with van der Waals surface area (Å²) in [5.41, 5.74) is 7.86. The predicted octanol–water partition coefficient (Wildman–Crippen LogP) is 3.32. The summed E-state index contributed by atoms with van der Waals surface area (Å²) in [6.07, 6.45) is 0.693. The van der Waals surface area contributed by atoms with Gasteiger partial charge in [-0.25, -0.2) is 4.39 Å². The van der Waals surface area contributed by atoms with Gasteiger partial charge >= 0.3 is 0 Å². The van der Waals surface area contributed by atoms with Gasteiger partial charge in [0, 0.05) is 16.6 Å². The Morgan fingerprint density at radius 3 is 2.35 bits per heavy atom. The van der Waals surface area contributed by atoms with E-state index < -0.39 is 17.6 Å². The van der Waals surface area contributed by atoms with E-state index in [9.17, 15) is 14.0 Å². The van der Waals surface area contributed by atoms with Crippen LogP contribution in [0.15, 0.2) is 48.5 Å². The molecule has 2 amide bonds. The summed E-state index contributed by atoms with van der Waals surface area (Å²) in [7, 11) is 0.